The minimum atomic E-state index is -0.369. The van der Waals surface area contributed by atoms with Gasteiger partial charge < -0.3 is 14.8 Å². The van der Waals surface area contributed by atoms with Crippen molar-refractivity contribution < 1.29 is 10.2 Å². The number of hydrogen-bond donors (Lipinski definition) is 2. The molecular weight excluding hydrogens is 292 g/mol. The van der Waals surface area contributed by atoms with Crippen LogP contribution in [0.4, 0.5) is 0 Å². The van der Waals surface area contributed by atoms with Crippen LogP contribution >= 0.6 is 0 Å². The summed E-state index contributed by atoms with van der Waals surface area (Å²) in [7, 11) is 0. The quantitative estimate of drug-likeness (QED) is 0.879. The van der Waals surface area contributed by atoms with E-state index in [9.17, 15) is 15.0 Å². The summed E-state index contributed by atoms with van der Waals surface area (Å²) in [5, 5.41) is 19.6. The Morgan fingerprint density at radius 2 is 1.91 bits per heavy atom. The van der Waals surface area contributed by atoms with Gasteiger partial charge in [-0.15, -0.1) is 0 Å². The molecule has 2 N–H and O–H groups in total. The Morgan fingerprint density at radius 1 is 1.13 bits per heavy atom. The Labute approximate surface area is 135 Å². The fourth-order valence-electron chi connectivity index (χ4n) is 3.16. The molecule has 2 heterocycles. The summed E-state index contributed by atoms with van der Waals surface area (Å²) in [5.41, 5.74) is 1.27. The van der Waals surface area contributed by atoms with Crippen LogP contribution < -0.4 is 5.56 Å². The molecule has 122 valence electrons. The van der Waals surface area contributed by atoms with Crippen molar-refractivity contribution in [2.24, 2.45) is 0 Å². The van der Waals surface area contributed by atoms with Gasteiger partial charge >= 0.3 is 0 Å². The molecule has 3 rings (SSSR count). The smallest absolute Gasteiger partial charge is 0.293 e. The van der Waals surface area contributed by atoms with Gasteiger partial charge in [0, 0.05) is 24.3 Å². The first-order valence-electron chi connectivity index (χ1n) is 7.99. The molecule has 5 heteroatoms. The Balaban J connectivity index is 1.79. The molecule has 0 aliphatic carbocycles. The lowest BCUT2D eigenvalue weighted by molar-refractivity contribution is 0.152. The number of pyridine rings is 1. The molecule has 1 atom stereocenters. The summed E-state index contributed by atoms with van der Waals surface area (Å²) in [6, 6.07) is 11.6. The molecule has 0 bridgehead atoms. The topological polar surface area (TPSA) is 65.7 Å². The monoisotopic (exact) mass is 314 g/mol. The third-order valence-electron chi connectivity index (χ3n) is 4.50. The highest BCUT2D eigenvalue weighted by Crippen LogP contribution is 2.22. The summed E-state index contributed by atoms with van der Waals surface area (Å²) < 4.78 is 1.52. The molecule has 0 saturated carbocycles. The van der Waals surface area contributed by atoms with Crippen LogP contribution in [0.5, 0.6) is 5.75 Å². The van der Waals surface area contributed by atoms with Gasteiger partial charge in [0.2, 0.25) is 0 Å². The summed E-state index contributed by atoms with van der Waals surface area (Å²) >= 11 is 0. The van der Waals surface area contributed by atoms with E-state index in [2.05, 4.69) is 4.90 Å². The standard InChI is InChI=1S/C18H22N2O3/c21-13-16-7-4-9-19(16)12-15-8-10-20(18(23)17(15)22)11-14-5-2-1-3-6-14/h1-3,5-6,8,10,16,21-22H,4,7,9,11-13H2. The highest BCUT2D eigenvalue weighted by molar-refractivity contribution is 5.30. The van der Waals surface area contributed by atoms with Crippen molar-refractivity contribution in [3.63, 3.8) is 0 Å². The number of hydrogen-bond acceptors (Lipinski definition) is 4. The van der Waals surface area contributed by atoms with Crippen LogP contribution in [0.3, 0.4) is 0 Å². The molecule has 1 unspecified atom stereocenters. The van der Waals surface area contributed by atoms with Crippen LogP contribution in [-0.4, -0.2) is 38.9 Å². The van der Waals surface area contributed by atoms with Gasteiger partial charge in [-0.3, -0.25) is 9.69 Å². The number of rotatable bonds is 5. The molecule has 0 amide bonds. The first-order valence-corrected chi connectivity index (χ1v) is 7.99. The Kier molecular flexibility index (Phi) is 4.79. The van der Waals surface area contributed by atoms with E-state index in [1.54, 1.807) is 12.3 Å². The third kappa shape index (κ3) is 3.46. The summed E-state index contributed by atoms with van der Waals surface area (Å²) in [6.45, 7) is 1.94. The fourth-order valence-corrected chi connectivity index (χ4v) is 3.16. The lowest BCUT2D eigenvalue weighted by Gasteiger charge is -2.23. The highest BCUT2D eigenvalue weighted by Gasteiger charge is 2.24. The lowest BCUT2D eigenvalue weighted by Crippen LogP contribution is -2.32. The molecule has 1 fully saturated rings. The zero-order chi connectivity index (χ0) is 16.2. The van der Waals surface area contributed by atoms with E-state index < -0.39 is 0 Å². The number of likely N-dealkylation sites (tertiary alicyclic amines) is 1. The van der Waals surface area contributed by atoms with Crippen molar-refractivity contribution in [2.45, 2.75) is 32.0 Å². The Morgan fingerprint density at radius 3 is 2.65 bits per heavy atom. The highest BCUT2D eigenvalue weighted by atomic mass is 16.3. The predicted octanol–water partition coefficient (Wildman–Crippen LogP) is 1.56. The second-order valence-corrected chi connectivity index (χ2v) is 6.06. The predicted molar refractivity (Wildman–Crippen MR) is 88.4 cm³/mol. The SMILES string of the molecule is O=c1c(O)c(CN2CCCC2CO)ccn1Cc1ccccc1. The minimum Gasteiger partial charge on any atom is -0.503 e. The van der Waals surface area contributed by atoms with Crippen LogP contribution in [0.15, 0.2) is 47.4 Å². The minimum absolute atomic E-state index is 0.117. The fraction of sp³-hybridized carbons (Fsp3) is 0.389. The van der Waals surface area contributed by atoms with Crippen molar-refractivity contribution >= 4 is 0 Å². The molecule has 0 spiro atoms. The molecule has 1 aromatic carbocycles. The number of aromatic nitrogens is 1. The molecule has 23 heavy (non-hydrogen) atoms. The van der Waals surface area contributed by atoms with E-state index in [0.29, 0.717) is 18.7 Å². The van der Waals surface area contributed by atoms with Crippen molar-refractivity contribution in [3.05, 3.63) is 64.1 Å². The maximum atomic E-state index is 12.4. The Hall–Kier alpha value is -2.11. The molecule has 1 saturated heterocycles. The molecule has 0 radical (unpaired) electrons. The van der Waals surface area contributed by atoms with E-state index in [0.717, 1.165) is 24.9 Å². The van der Waals surface area contributed by atoms with Gasteiger partial charge in [0.05, 0.1) is 13.2 Å². The lowest BCUT2D eigenvalue weighted by atomic mass is 10.2. The second kappa shape index (κ2) is 6.98. The molecule has 2 aromatic rings. The van der Waals surface area contributed by atoms with E-state index >= 15 is 0 Å². The normalized spacial score (nSPS) is 18.4. The summed E-state index contributed by atoms with van der Waals surface area (Å²) in [4.78, 5) is 14.5. The third-order valence-corrected chi connectivity index (χ3v) is 4.50. The van der Waals surface area contributed by atoms with Crippen LogP contribution in [0.25, 0.3) is 0 Å². The van der Waals surface area contributed by atoms with Crippen molar-refractivity contribution in [1.82, 2.24) is 9.47 Å². The van der Waals surface area contributed by atoms with E-state index in [1.807, 2.05) is 30.3 Å². The van der Waals surface area contributed by atoms with Crippen molar-refractivity contribution in [3.8, 4) is 5.75 Å². The van der Waals surface area contributed by atoms with E-state index in [-0.39, 0.29) is 24.0 Å². The van der Waals surface area contributed by atoms with Crippen LogP contribution in [0.2, 0.25) is 0 Å². The van der Waals surface area contributed by atoms with Crippen molar-refractivity contribution in [1.29, 1.82) is 0 Å². The largest absolute Gasteiger partial charge is 0.503 e. The van der Waals surface area contributed by atoms with Gasteiger partial charge in [0.15, 0.2) is 5.75 Å². The molecular formula is C18H22N2O3. The summed E-state index contributed by atoms with van der Waals surface area (Å²) in [6.07, 6.45) is 3.73. The molecule has 1 aliphatic rings. The van der Waals surface area contributed by atoms with Gasteiger partial charge in [-0.25, -0.2) is 0 Å². The number of nitrogens with zero attached hydrogens (tertiary/aromatic N) is 2. The van der Waals surface area contributed by atoms with Gasteiger partial charge in [0.25, 0.3) is 5.56 Å². The molecule has 5 nitrogen and oxygen atoms in total. The first kappa shape index (κ1) is 15.8. The maximum absolute atomic E-state index is 12.4. The van der Waals surface area contributed by atoms with Gasteiger partial charge in [-0.05, 0) is 31.0 Å². The number of aliphatic hydroxyl groups excluding tert-OH is 1. The van der Waals surface area contributed by atoms with Crippen LogP contribution in [0.1, 0.15) is 24.0 Å². The molecule has 1 aromatic heterocycles. The van der Waals surface area contributed by atoms with Gasteiger partial charge in [-0.1, -0.05) is 30.3 Å². The number of aromatic hydroxyl groups is 1. The molecule has 1 aliphatic heterocycles. The maximum Gasteiger partial charge on any atom is 0.293 e. The zero-order valence-electron chi connectivity index (χ0n) is 13.1. The van der Waals surface area contributed by atoms with Gasteiger partial charge in [0.1, 0.15) is 0 Å². The summed E-state index contributed by atoms with van der Waals surface area (Å²) in [5.74, 6) is -0.188. The van der Waals surface area contributed by atoms with E-state index in [1.165, 1.54) is 4.57 Å². The van der Waals surface area contributed by atoms with Crippen LogP contribution in [0, 0.1) is 0 Å². The average molecular weight is 314 g/mol. The van der Waals surface area contributed by atoms with Crippen LogP contribution in [-0.2, 0) is 13.1 Å². The average Bonchev–Trinajstić information content (AvgIpc) is 3.03. The van der Waals surface area contributed by atoms with Gasteiger partial charge in [-0.2, -0.15) is 0 Å². The second-order valence-electron chi connectivity index (χ2n) is 6.06. The Bertz CT molecular complexity index is 712. The zero-order valence-corrected chi connectivity index (χ0v) is 13.1. The number of aliphatic hydroxyl groups is 1. The van der Waals surface area contributed by atoms with E-state index in [4.69, 9.17) is 0 Å². The van der Waals surface area contributed by atoms with Crippen molar-refractivity contribution in [2.75, 3.05) is 13.2 Å². The first-order chi connectivity index (χ1) is 11.2. The number of benzene rings is 1.